The third-order valence-corrected chi connectivity index (χ3v) is 3.56. The van der Waals surface area contributed by atoms with Crippen LogP contribution in [0.4, 0.5) is 0 Å². The van der Waals surface area contributed by atoms with Crippen LogP contribution in [0.3, 0.4) is 0 Å². The highest BCUT2D eigenvalue weighted by atomic mass is 16.6. The Balaban J connectivity index is 2.65. The number of esters is 1. The zero-order valence-corrected chi connectivity index (χ0v) is 12.2. The average Bonchev–Trinajstić information content (AvgIpc) is 2.41. The molecule has 20 heavy (non-hydrogen) atoms. The first-order chi connectivity index (χ1) is 9.53. The second-order valence-electron chi connectivity index (χ2n) is 5.29. The van der Waals surface area contributed by atoms with E-state index < -0.39 is 31.2 Å². The molecule has 1 saturated heterocycles. The molecule has 1 rings (SSSR count). The van der Waals surface area contributed by atoms with Gasteiger partial charge in [0.05, 0.1) is 18.6 Å². The van der Waals surface area contributed by atoms with Crippen molar-refractivity contribution in [3.05, 3.63) is 0 Å². The maximum Gasteiger partial charge on any atom is 0.309 e. The molecule has 0 aromatic rings. The van der Waals surface area contributed by atoms with E-state index in [1.165, 1.54) is 0 Å². The molecule has 4 unspecified atom stereocenters. The Morgan fingerprint density at radius 3 is 2.40 bits per heavy atom. The largest absolute Gasteiger partial charge is 0.457 e. The van der Waals surface area contributed by atoms with Crippen LogP contribution in [0.25, 0.3) is 0 Å². The van der Waals surface area contributed by atoms with Gasteiger partial charge in [0.25, 0.3) is 0 Å². The molecule has 1 aliphatic rings. The summed E-state index contributed by atoms with van der Waals surface area (Å²) >= 11 is 0. The highest BCUT2D eigenvalue weighted by Gasteiger charge is 2.40. The lowest BCUT2D eigenvalue weighted by Gasteiger charge is -2.37. The van der Waals surface area contributed by atoms with Crippen molar-refractivity contribution in [1.29, 1.82) is 0 Å². The SMILES string of the molecule is CCCC(CCC)C(=O)OC1C(O)CC(O)OC1CO. The molecule has 0 spiro atoms. The van der Waals surface area contributed by atoms with Crippen molar-refractivity contribution in [3.63, 3.8) is 0 Å². The van der Waals surface area contributed by atoms with Gasteiger partial charge in [-0.1, -0.05) is 26.7 Å². The Morgan fingerprint density at radius 2 is 1.90 bits per heavy atom. The molecule has 0 aliphatic carbocycles. The van der Waals surface area contributed by atoms with Crippen molar-refractivity contribution in [1.82, 2.24) is 0 Å². The van der Waals surface area contributed by atoms with Crippen molar-refractivity contribution >= 4 is 5.97 Å². The van der Waals surface area contributed by atoms with Crippen LogP contribution in [0.2, 0.25) is 0 Å². The van der Waals surface area contributed by atoms with E-state index in [1.807, 2.05) is 13.8 Å². The normalized spacial score (nSPS) is 30.5. The standard InChI is InChI=1S/C14H26O6/c1-3-5-9(6-4-2)14(18)20-13-10(16)7-12(17)19-11(13)8-15/h9-13,15-17H,3-8H2,1-2H3. The van der Waals surface area contributed by atoms with Crippen LogP contribution in [0.1, 0.15) is 46.0 Å². The minimum absolute atomic E-state index is 0.0271. The molecule has 0 saturated carbocycles. The molecule has 1 heterocycles. The monoisotopic (exact) mass is 290 g/mol. The van der Waals surface area contributed by atoms with E-state index in [1.54, 1.807) is 0 Å². The lowest BCUT2D eigenvalue weighted by molar-refractivity contribution is -0.248. The molecule has 0 radical (unpaired) electrons. The molecule has 1 aliphatic heterocycles. The second kappa shape index (κ2) is 8.56. The topological polar surface area (TPSA) is 96.2 Å². The molecule has 0 bridgehead atoms. The van der Waals surface area contributed by atoms with E-state index >= 15 is 0 Å². The Bertz CT molecular complexity index is 289. The first kappa shape index (κ1) is 17.4. The summed E-state index contributed by atoms with van der Waals surface area (Å²) in [6, 6.07) is 0. The van der Waals surface area contributed by atoms with Gasteiger partial charge in [-0.25, -0.2) is 0 Å². The van der Waals surface area contributed by atoms with Crippen LogP contribution < -0.4 is 0 Å². The third kappa shape index (κ3) is 4.70. The molecule has 0 aromatic heterocycles. The number of hydrogen-bond donors (Lipinski definition) is 3. The number of ether oxygens (including phenoxy) is 2. The van der Waals surface area contributed by atoms with E-state index in [0.29, 0.717) is 0 Å². The molecule has 6 nitrogen and oxygen atoms in total. The fraction of sp³-hybridized carbons (Fsp3) is 0.929. The fourth-order valence-corrected chi connectivity index (χ4v) is 2.53. The summed E-state index contributed by atoms with van der Waals surface area (Å²) < 4.78 is 10.4. The van der Waals surface area contributed by atoms with Crippen LogP contribution in [0, 0.1) is 5.92 Å². The fourth-order valence-electron chi connectivity index (χ4n) is 2.53. The van der Waals surface area contributed by atoms with Crippen molar-refractivity contribution in [2.75, 3.05) is 6.61 Å². The third-order valence-electron chi connectivity index (χ3n) is 3.56. The molecule has 6 heteroatoms. The summed E-state index contributed by atoms with van der Waals surface area (Å²) in [5.74, 6) is -0.556. The summed E-state index contributed by atoms with van der Waals surface area (Å²) in [4.78, 5) is 12.1. The first-order valence-electron chi connectivity index (χ1n) is 7.36. The molecule has 1 fully saturated rings. The molecule has 0 aromatic carbocycles. The van der Waals surface area contributed by atoms with E-state index in [9.17, 15) is 20.1 Å². The first-order valence-corrected chi connectivity index (χ1v) is 7.36. The Hall–Kier alpha value is -0.690. The summed E-state index contributed by atoms with van der Waals surface area (Å²) in [6.07, 6.45) is -0.764. The molecule has 3 N–H and O–H groups in total. The van der Waals surface area contributed by atoms with Gasteiger partial charge in [-0.3, -0.25) is 4.79 Å². The Morgan fingerprint density at radius 1 is 1.30 bits per heavy atom. The number of aliphatic hydroxyl groups excluding tert-OH is 3. The van der Waals surface area contributed by atoms with Crippen molar-refractivity contribution < 1.29 is 29.6 Å². The summed E-state index contributed by atoms with van der Waals surface area (Å²) in [5, 5.41) is 28.5. The molecular weight excluding hydrogens is 264 g/mol. The minimum Gasteiger partial charge on any atom is -0.457 e. The van der Waals surface area contributed by atoms with Crippen LogP contribution in [0.5, 0.6) is 0 Å². The van der Waals surface area contributed by atoms with Gasteiger partial charge in [0, 0.05) is 6.42 Å². The molecule has 118 valence electrons. The van der Waals surface area contributed by atoms with Crippen LogP contribution in [-0.4, -0.2) is 52.5 Å². The molecular formula is C14H26O6. The van der Waals surface area contributed by atoms with Crippen LogP contribution in [0.15, 0.2) is 0 Å². The maximum atomic E-state index is 12.1. The zero-order valence-electron chi connectivity index (χ0n) is 12.2. The number of carbonyl (C=O) groups excluding carboxylic acids is 1. The lowest BCUT2D eigenvalue weighted by Crippen LogP contribution is -2.52. The van der Waals surface area contributed by atoms with Gasteiger partial charge in [0.1, 0.15) is 6.10 Å². The Labute approximate surface area is 119 Å². The number of hydrogen-bond acceptors (Lipinski definition) is 6. The van der Waals surface area contributed by atoms with Gasteiger partial charge < -0.3 is 24.8 Å². The summed E-state index contributed by atoms with van der Waals surface area (Å²) in [6.45, 7) is 3.58. The highest BCUT2D eigenvalue weighted by molar-refractivity contribution is 5.72. The van der Waals surface area contributed by atoms with Gasteiger partial charge in [0.15, 0.2) is 12.4 Å². The van der Waals surface area contributed by atoms with Crippen molar-refractivity contribution in [2.24, 2.45) is 5.92 Å². The maximum absolute atomic E-state index is 12.1. The van der Waals surface area contributed by atoms with Gasteiger partial charge >= 0.3 is 5.97 Å². The minimum atomic E-state index is -1.14. The second-order valence-corrected chi connectivity index (χ2v) is 5.29. The summed E-state index contributed by atoms with van der Waals surface area (Å²) in [7, 11) is 0. The predicted octanol–water partition coefficient (Wildman–Crippen LogP) is 0.575. The zero-order chi connectivity index (χ0) is 15.1. The van der Waals surface area contributed by atoms with Crippen LogP contribution in [-0.2, 0) is 14.3 Å². The highest BCUT2D eigenvalue weighted by Crippen LogP contribution is 2.24. The van der Waals surface area contributed by atoms with Gasteiger partial charge in [-0.15, -0.1) is 0 Å². The average molecular weight is 290 g/mol. The van der Waals surface area contributed by atoms with Crippen molar-refractivity contribution in [3.8, 4) is 0 Å². The number of rotatable bonds is 7. The molecule has 0 amide bonds. The van der Waals surface area contributed by atoms with Crippen molar-refractivity contribution in [2.45, 2.75) is 70.6 Å². The van der Waals surface area contributed by atoms with E-state index in [4.69, 9.17) is 9.47 Å². The lowest BCUT2D eigenvalue weighted by atomic mass is 9.97. The summed E-state index contributed by atoms with van der Waals surface area (Å²) in [5.41, 5.74) is 0. The Kier molecular flexibility index (Phi) is 7.43. The van der Waals surface area contributed by atoms with Gasteiger partial charge in [-0.05, 0) is 12.8 Å². The van der Waals surface area contributed by atoms with Gasteiger partial charge in [0.2, 0.25) is 0 Å². The van der Waals surface area contributed by atoms with Crippen LogP contribution >= 0.6 is 0 Å². The number of carbonyl (C=O) groups is 1. The van der Waals surface area contributed by atoms with Gasteiger partial charge in [-0.2, -0.15) is 0 Å². The van der Waals surface area contributed by atoms with E-state index in [0.717, 1.165) is 25.7 Å². The number of aliphatic hydroxyl groups is 3. The van der Waals surface area contributed by atoms with E-state index in [-0.39, 0.29) is 18.3 Å². The van der Waals surface area contributed by atoms with E-state index in [2.05, 4.69) is 0 Å². The quantitative estimate of drug-likeness (QED) is 0.593. The smallest absolute Gasteiger partial charge is 0.309 e. The molecule has 4 atom stereocenters. The predicted molar refractivity (Wildman–Crippen MR) is 71.8 cm³/mol.